The Morgan fingerprint density at radius 1 is 0.743 bits per heavy atom. The summed E-state index contributed by atoms with van der Waals surface area (Å²) < 4.78 is 0. The second-order valence-corrected chi connectivity index (χ2v) is 8.43. The fraction of sp³-hybridized carbons (Fsp3) is 0.632. The van der Waals surface area contributed by atoms with Crippen LogP contribution in [0.2, 0.25) is 0 Å². The molecule has 4 unspecified atom stereocenters. The molecule has 0 heterocycles. The molecule has 0 aromatic rings. The number of carboxylic acids is 3. The Kier molecular flexibility index (Phi) is 14.7. The second-order valence-electron chi connectivity index (χ2n) is 7.44. The molecule has 0 aromatic carbocycles. The van der Waals surface area contributed by atoms with Crippen LogP contribution in [0.1, 0.15) is 38.5 Å². The van der Waals surface area contributed by atoms with E-state index in [9.17, 15) is 38.7 Å². The maximum atomic E-state index is 12.8. The van der Waals surface area contributed by atoms with E-state index in [0.717, 1.165) is 0 Å². The number of carbonyl (C=O) groups excluding carboxylic acids is 4. The number of carbonyl (C=O) groups is 7. The number of hydrogen-bond acceptors (Lipinski definition) is 9. The highest BCUT2D eigenvalue weighted by atomic mass is 32.2. The first kappa shape index (κ1) is 31.6. The van der Waals surface area contributed by atoms with Gasteiger partial charge in [-0.2, -0.15) is 11.8 Å². The smallest absolute Gasteiger partial charge is 0.326 e. The van der Waals surface area contributed by atoms with Gasteiger partial charge < -0.3 is 42.7 Å². The third kappa shape index (κ3) is 13.8. The number of hydrogen-bond donors (Lipinski definition) is 8. The Morgan fingerprint density at radius 3 is 1.71 bits per heavy atom. The molecule has 0 spiro atoms. The summed E-state index contributed by atoms with van der Waals surface area (Å²) in [5, 5.41) is 33.4. The summed E-state index contributed by atoms with van der Waals surface area (Å²) in [5.74, 6) is -7.34. The summed E-state index contributed by atoms with van der Waals surface area (Å²) in [6, 6.07) is -5.65. The van der Waals surface area contributed by atoms with E-state index in [-0.39, 0.29) is 12.8 Å². The first-order valence-corrected chi connectivity index (χ1v) is 11.8. The SMILES string of the molecule is CSCCC(NC(=O)C(CC(N)=O)NC(=O)C(N)CCC(=O)O)C(=O)NC(CCC(=O)O)C(=O)O. The third-order valence-electron chi connectivity index (χ3n) is 4.55. The molecule has 0 fully saturated rings. The molecule has 0 aliphatic carbocycles. The number of rotatable bonds is 18. The number of nitrogens with one attached hydrogen (secondary N) is 3. The van der Waals surface area contributed by atoms with Crippen molar-refractivity contribution in [1.82, 2.24) is 16.0 Å². The summed E-state index contributed by atoms with van der Waals surface area (Å²) in [6.45, 7) is 0. The summed E-state index contributed by atoms with van der Waals surface area (Å²) in [5.41, 5.74) is 10.7. The van der Waals surface area contributed by atoms with E-state index < -0.39 is 91.4 Å². The number of aliphatic carboxylic acids is 3. The highest BCUT2D eigenvalue weighted by Gasteiger charge is 2.31. The van der Waals surface area contributed by atoms with Gasteiger partial charge in [0.2, 0.25) is 23.6 Å². The van der Waals surface area contributed by atoms with Crippen molar-refractivity contribution in [3.8, 4) is 0 Å². The molecule has 4 atom stereocenters. The molecule has 15 nitrogen and oxygen atoms in total. The molecule has 0 rings (SSSR count). The normalized spacial score (nSPS) is 14.0. The fourth-order valence-corrected chi connectivity index (χ4v) is 3.15. The first-order valence-electron chi connectivity index (χ1n) is 10.4. The van der Waals surface area contributed by atoms with Gasteiger partial charge in [0.25, 0.3) is 0 Å². The molecule has 0 aliphatic heterocycles. The van der Waals surface area contributed by atoms with Crippen molar-refractivity contribution in [2.24, 2.45) is 11.5 Å². The van der Waals surface area contributed by atoms with Crippen molar-refractivity contribution in [3.63, 3.8) is 0 Å². The van der Waals surface area contributed by atoms with Crippen LogP contribution in [0.25, 0.3) is 0 Å². The van der Waals surface area contributed by atoms with Gasteiger partial charge in [-0.1, -0.05) is 0 Å². The standard InChI is InChI=1S/C19H31N5O10S/c1-35-7-6-10(17(31)23-11(19(33)34)3-5-15(28)29)22-18(32)12(8-13(21)25)24-16(30)9(20)2-4-14(26)27/h9-12H,2-8,20H2,1H3,(H2,21,25)(H,22,32)(H,23,31)(H,24,30)(H,26,27)(H,28,29)(H,33,34). The minimum Gasteiger partial charge on any atom is -0.481 e. The predicted octanol–water partition coefficient (Wildman–Crippen LogP) is -2.79. The van der Waals surface area contributed by atoms with Crippen molar-refractivity contribution in [2.75, 3.05) is 12.0 Å². The maximum absolute atomic E-state index is 12.8. The van der Waals surface area contributed by atoms with Crippen LogP contribution < -0.4 is 27.4 Å². The zero-order chi connectivity index (χ0) is 27.1. The lowest BCUT2D eigenvalue weighted by molar-refractivity contribution is -0.143. The molecule has 35 heavy (non-hydrogen) atoms. The Hall–Kier alpha value is -3.40. The average molecular weight is 522 g/mol. The van der Waals surface area contributed by atoms with E-state index in [1.165, 1.54) is 11.8 Å². The first-order chi connectivity index (χ1) is 16.3. The number of nitrogens with two attached hydrogens (primary N) is 2. The highest BCUT2D eigenvalue weighted by Crippen LogP contribution is 2.06. The summed E-state index contributed by atoms with van der Waals surface area (Å²) in [7, 11) is 0. The molecule has 4 amide bonds. The van der Waals surface area contributed by atoms with Gasteiger partial charge in [0.1, 0.15) is 18.1 Å². The van der Waals surface area contributed by atoms with E-state index in [0.29, 0.717) is 5.75 Å². The fourth-order valence-electron chi connectivity index (χ4n) is 2.67. The van der Waals surface area contributed by atoms with Gasteiger partial charge in [-0.15, -0.1) is 0 Å². The van der Waals surface area contributed by atoms with Gasteiger partial charge in [-0.3, -0.25) is 28.8 Å². The summed E-state index contributed by atoms with van der Waals surface area (Å²) in [6.07, 6.45) is -0.459. The van der Waals surface area contributed by atoms with Crippen LogP contribution >= 0.6 is 11.8 Å². The van der Waals surface area contributed by atoms with Crippen molar-refractivity contribution in [3.05, 3.63) is 0 Å². The minimum absolute atomic E-state index is 0.0410. The van der Waals surface area contributed by atoms with Crippen molar-refractivity contribution >= 4 is 53.3 Å². The molecule has 16 heteroatoms. The van der Waals surface area contributed by atoms with Crippen molar-refractivity contribution in [1.29, 1.82) is 0 Å². The van der Waals surface area contributed by atoms with Gasteiger partial charge >= 0.3 is 17.9 Å². The molecule has 0 saturated heterocycles. The zero-order valence-corrected chi connectivity index (χ0v) is 19.8. The number of amides is 4. The van der Waals surface area contributed by atoms with Crippen LogP contribution in [0.4, 0.5) is 0 Å². The van der Waals surface area contributed by atoms with E-state index in [2.05, 4.69) is 16.0 Å². The third-order valence-corrected chi connectivity index (χ3v) is 5.19. The summed E-state index contributed by atoms with van der Waals surface area (Å²) >= 11 is 1.32. The minimum atomic E-state index is -1.54. The van der Waals surface area contributed by atoms with Crippen molar-refractivity contribution in [2.45, 2.75) is 62.7 Å². The van der Waals surface area contributed by atoms with E-state index >= 15 is 0 Å². The van der Waals surface area contributed by atoms with Crippen LogP contribution in [0.3, 0.4) is 0 Å². The molecule has 0 aliphatic rings. The van der Waals surface area contributed by atoms with Gasteiger partial charge in [-0.05, 0) is 31.3 Å². The lowest BCUT2D eigenvalue weighted by Crippen LogP contribution is -2.57. The molecule has 0 saturated carbocycles. The van der Waals surface area contributed by atoms with Gasteiger partial charge in [0, 0.05) is 12.8 Å². The second kappa shape index (κ2) is 16.3. The molecule has 0 radical (unpaired) electrons. The van der Waals surface area contributed by atoms with Crippen LogP contribution in [0.5, 0.6) is 0 Å². The Balaban J connectivity index is 5.46. The van der Waals surface area contributed by atoms with Gasteiger partial charge in [0.15, 0.2) is 0 Å². The average Bonchev–Trinajstić information content (AvgIpc) is 2.75. The zero-order valence-electron chi connectivity index (χ0n) is 19.0. The topological polar surface area (TPSA) is 268 Å². The van der Waals surface area contributed by atoms with Gasteiger partial charge in [0.05, 0.1) is 12.5 Å². The Bertz CT molecular complexity index is 809. The van der Waals surface area contributed by atoms with Crippen LogP contribution in [-0.2, 0) is 33.6 Å². The van der Waals surface area contributed by atoms with Crippen LogP contribution in [-0.4, -0.2) is 93.0 Å². The molecular weight excluding hydrogens is 490 g/mol. The number of thioether (sulfide) groups is 1. The maximum Gasteiger partial charge on any atom is 0.326 e. The Morgan fingerprint density at radius 2 is 1.23 bits per heavy atom. The Labute approximate surface area is 204 Å². The lowest BCUT2D eigenvalue weighted by Gasteiger charge is -2.24. The molecular formula is C19H31N5O10S. The van der Waals surface area contributed by atoms with Crippen molar-refractivity contribution < 1.29 is 48.9 Å². The monoisotopic (exact) mass is 521 g/mol. The van der Waals surface area contributed by atoms with E-state index in [1.807, 2.05) is 0 Å². The van der Waals surface area contributed by atoms with E-state index in [4.69, 9.17) is 21.7 Å². The van der Waals surface area contributed by atoms with E-state index in [1.54, 1.807) is 6.26 Å². The quantitative estimate of drug-likeness (QED) is 0.0909. The molecule has 198 valence electrons. The lowest BCUT2D eigenvalue weighted by atomic mass is 10.1. The van der Waals surface area contributed by atoms with Gasteiger partial charge in [-0.25, -0.2) is 4.79 Å². The largest absolute Gasteiger partial charge is 0.481 e. The highest BCUT2D eigenvalue weighted by molar-refractivity contribution is 7.98. The predicted molar refractivity (Wildman–Crippen MR) is 122 cm³/mol. The molecule has 0 bridgehead atoms. The van der Waals surface area contributed by atoms with Crippen LogP contribution in [0.15, 0.2) is 0 Å². The summed E-state index contributed by atoms with van der Waals surface area (Å²) in [4.78, 5) is 81.8. The number of primary amides is 1. The number of carboxylic acid groups (broad SMARTS) is 3. The molecule has 0 aromatic heterocycles. The molecule has 10 N–H and O–H groups in total. The van der Waals surface area contributed by atoms with Crippen LogP contribution in [0, 0.1) is 0 Å².